The number of fused-ring (bicyclic) bond motifs is 1. The van der Waals surface area contributed by atoms with Crippen LogP contribution in [0.3, 0.4) is 0 Å². The van der Waals surface area contributed by atoms with Crippen molar-refractivity contribution in [3.8, 4) is 5.75 Å². The zero-order valence-corrected chi connectivity index (χ0v) is 14.9. The number of benzene rings is 2. The molecule has 6 heteroatoms. The fraction of sp³-hybridized carbons (Fsp3) is 0.100. The first-order chi connectivity index (χ1) is 12.7. The van der Waals surface area contributed by atoms with E-state index in [9.17, 15) is 4.79 Å². The highest BCUT2D eigenvalue weighted by molar-refractivity contribution is 7.22. The summed E-state index contributed by atoms with van der Waals surface area (Å²) in [7, 11) is 0. The molecule has 5 nitrogen and oxygen atoms in total. The average molecular weight is 364 g/mol. The quantitative estimate of drug-likeness (QED) is 0.539. The number of aromatic nitrogens is 1. The highest BCUT2D eigenvalue weighted by Crippen LogP contribution is 2.28. The number of para-hydroxylation sites is 2. The van der Waals surface area contributed by atoms with Gasteiger partial charge in [-0.1, -0.05) is 41.7 Å². The van der Waals surface area contributed by atoms with Crippen LogP contribution in [0.1, 0.15) is 21.9 Å². The van der Waals surface area contributed by atoms with E-state index in [0.29, 0.717) is 10.9 Å². The van der Waals surface area contributed by atoms with Crippen LogP contribution in [0.15, 0.2) is 65.1 Å². The Bertz CT molecular complexity index is 1050. The standard InChI is InChI=1S/C20H16N2O3S/c1-13-6-5-9-17-18(13)21-20(26-17)22-19(23)16-11-10-15(25-16)12-24-14-7-3-2-4-8-14/h2-11H,12H2,1H3,(H,21,22,23). The van der Waals surface area contributed by atoms with E-state index in [1.807, 2.05) is 55.5 Å². The van der Waals surface area contributed by atoms with E-state index in [1.54, 1.807) is 12.1 Å². The first-order valence-corrected chi connectivity index (χ1v) is 8.95. The number of furan rings is 1. The minimum Gasteiger partial charge on any atom is -0.486 e. The summed E-state index contributed by atoms with van der Waals surface area (Å²) in [6.45, 7) is 2.26. The van der Waals surface area contributed by atoms with Crippen LogP contribution in [0, 0.1) is 6.92 Å². The van der Waals surface area contributed by atoms with E-state index in [2.05, 4.69) is 10.3 Å². The Morgan fingerprint density at radius 3 is 2.77 bits per heavy atom. The van der Waals surface area contributed by atoms with Crippen molar-refractivity contribution in [3.05, 3.63) is 77.7 Å². The van der Waals surface area contributed by atoms with Crippen molar-refractivity contribution in [2.45, 2.75) is 13.5 Å². The summed E-state index contributed by atoms with van der Waals surface area (Å²) in [5.41, 5.74) is 1.99. The van der Waals surface area contributed by atoms with E-state index >= 15 is 0 Å². The molecular weight excluding hydrogens is 348 g/mol. The fourth-order valence-corrected chi connectivity index (χ4v) is 3.49. The number of aryl methyl sites for hydroxylation is 1. The Labute approximate surface area is 154 Å². The van der Waals surface area contributed by atoms with Crippen LogP contribution in [-0.2, 0) is 6.61 Å². The molecular formula is C20H16N2O3S. The predicted octanol–water partition coefficient (Wildman–Crippen LogP) is 5.03. The van der Waals surface area contributed by atoms with Crippen molar-refractivity contribution in [1.29, 1.82) is 0 Å². The van der Waals surface area contributed by atoms with Gasteiger partial charge in [-0.15, -0.1) is 0 Å². The Hall–Kier alpha value is -3.12. The molecule has 130 valence electrons. The highest BCUT2D eigenvalue weighted by atomic mass is 32.1. The highest BCUT2D eigenvalue weighted by Gasteiger charge is 2.14. The maximum absolute atomic E-state index is 12.4. The van der Waals surface area contributed by atoms with Gasteiger partial charge in [0.25, 0.3) is 5.91 Å². The van der Waals surface area contributed by atoms with E-state index in [-0.39, 0.29) is 18.3 Å². The normalized spacial score (nSPS) is 10.8. The van der Waals surface area contributed by atoms with Crippen LogP contribution in [0.5, 0.6) is 5.75 Å². The Balaban J connectivity index is 1.43. The molecule has 2 aromatic carbocycles. The van der Waals surface area contributed by atoms with Crippen molar-refractivity contribution < 1.29 is 13.9 Å². The number of rotatable bonds is 5. The van der Waals surface area contributed by atoms with E-state index in [4.69, 9.17) is 9.15 Å². The Morgan fingerprint density at radius 2 is 1.96 bits per heavy atom. The molecule has 0 atom stereocenters. The molecule has 2 aromatic heterocycles. The van der Waals surface area contributed by atoms with Gasteiger partial charge in [-0.05, 0) is 42.8 Å². The molecule has 0 bridgehead atoms. The summed E-state index contributed by atoms with van der Waals surface area (Å²) in [5, 5.41) is 3.35. The SMILES string of the molecule is Cc1cccc2sc(NC(=O)c3ccc(COc4ccccc4)o3)nc12. The lowest BCUT2D eigenvalue weighted by Crippen LogP contribution is -2.10. The van der Waals surface area contributed by atoms with Crippen molar-refractivity contribution in [1.82, 2.24) is 4.98 Å². The Kier molecular flexibility index (Phi) is 4.41. The van der Waals surface area contributed by atoms with Crippen molar-refractivity contribution in [3.63, 3.8) is 0 Å². The van der Waals surface area contributed by atoms with Crippen LogP contribution in [-0.4, -0.2) is 10.9 Å². The van der Waals surface area contributed by atoms with E-state index < -0.39 is 0 Å². The zero-order chi connectivity index (χ0) is 17.9. The monoisotopic (exact) mass is 364 g/mol. The number of carbonyl (C=O) groups excluding carboxylic acids is 1. The third-order valence-electron chi connectivity index (χ3n) is 3.85. The maximum Gasteiger partial charge on any atom is 0.293 e. The molecule has 2 heterocycles. The van der Waals surface area contributed by atoms with Gasteiger partial charge in [0.15, 0.2) is 10.9 Å². The summed E-state index contributed by atoms with van der Waals surface area (Å²) >= 11 is 1.44. The van der Waals surface area contributed by atoms with Crippen LogP contribution in [0.25, 0.3) is 10.2 Å². The summed E-state index contributed by atoms with van der Waals surface area (Å²) in [5.74, 6) is 1.24. The van der Waals surface area contributed by atoms with Gasteiger partial charge in [0.1, 0.15) is 18.1 Å². The molecule has 0 aliphatic heterocycles. The van der Waals surface area contributed by atoms with Gasteiger partial charge in [-0.25, -0.2) is 4.98 Å². The van der Waals surface area contributed by atoms with Gasteiger partial charge in [-0.2, -0.15) is 0 Å². The topological polar surface area (TPSA) is 64.4 Å². The molecule has 4 rings (SSSR count). The molecule has 0 unspecified atom stereocenters. The lowest BCUT2D eigenvalue weighted by molar-refractivity contribution is 0.0992. The number of nitrogens with one attached hydrogen (secondary N) is 1. The summed E-state index contributed by atoms with van der Waals surface area (Å²) in [6, 6.07) is 18.8. The van der Waals surface area contributed by atoms with Crippen molar-refractivity contribution >= 4 is 32.6 Å². The second-order valence-corrected chi connectivity index (χ2v) is 6.79. The van der Waals surface area contributed by atoms with Gasteiger partial charge in [-0.3, -0.25) is 10.1 Å². The lowest BCUT2D eigenvalue weighted by Gasteiger charge is -2.03. The smallest absolute Gasteiger partial charge is 0.293 e. The summed E-state index contributed by atoms with van der Waals surface area (Å²) in [4.78, 5) is 16.9. The first-order valence-electron chi connectivity index (χ1n) is 8.13. The predicted molar refractivity (Wildman–Crippen MR) is 102 cm³/mol. The number of hydrogen-bond donors (Lipinski definition) is 1. The first kappa shape index (κ1) is 16.4. The molecule has 0 fully saturated rings. The van der Waals surface area contributed by atoms with Crippen molar-refractivity contribution in [2.24, 2.45) is 0 Å². The third kappa shape index (κ3) is 3.45. The number of thiazole rings is 1. The number of carbonyl (C=O) groups is 1. The van der Waals surface area contributed by atoms with Gasteiger partial charge in [0.2, 0.25) is 0 Å². The molecule has 1 amide bonds. The third-order valence-corrected chi connectivity index (χ3v) is 4.79. The molecule has 0 saturated heterocycles. The maximum atomic E-state index is 12.4. The second kappa shape index (κ2) is 7.01. The van der Waals surface area contributed by atoms with Crippen molar-refractivity contribution in [2.75, 3.05) is 5.32 Å². The molecule has 0 aliphatic carbocycles. The molecule has 0 saturated carbocycles. The Morgan fingerprint density at radius 1 is 1.12 bits per heavy atom. The minimum absolute atomic E-state index is 0.229. The largest absolute Gasteiger partial charge is 0.486 e. The average Bonchev–Trinajstić information content (AvgIpc) is 3.28. The summed E-state index contributed by atoms with van der Waals surface area (Å²) < 4.78 is 12.2. The summed E-state index contributed by atoms with van der Waals surface area (Å²) in [6.07, 6.45) is 0. The van der Waals surface area contributed by atoms with Crippen LogP contribution in [0.2, 0.25) is 0 Å². The number of amides is 1. The number of hydrogen-bond acceptors (Lipinski definition) is 5. The fourth-order valence-electron chi connectivity index (χ4n) is 2.55. The number of anilines is 1. The van der Waals surface area contributed by atoms with Gasteiger partial charge in [0.05, 0.1) is 10.2 Å². The van der Waals surface area contributed by atoms with E-state index in [1.165, 1.54) is 11.3 Å². The van der Waals surface area contributed by atoms with Crippen LogP contribution >= 0.6 is 11.3 Å². The van der Waals surface area contributed by atoms with Gasteiger partial charge >= 0.3 is 0 Å². The molecule has 4 aromatic rings. The molecule has 26 heavy (non-hydrogen) atoms. The number of ether oxygens (including phenoxy) is 1. The molecule has 1 N–H and O–H groups in total. The molecule has 0 spiro atoms. The van der Waals surface area contributed by atoms with Crippen LogP contribution < -0.4 is 10.1 Å². The minimum atomic E-state index is -0.326. The molecule has 0 aliphatic rings. The lowest BCUT2D eigenvalue weighted by atomic mass is 10.2. The number of nitrogens with zero attached hydrogens (tertiary/aromatic N) is 1. The second-order valence-electron chi connectivity index (χ2n) is 5.76. The van der Waals surface area contributed by atoms with Gasteiger partial charge < -0.3 is 9.15 Å². The van der Waals surface area contributed by atoms with Crippen LogP contribution in [0.4, 0.5) is 5.13 Å². The van der Waals surface area contributed by atoms with E-state index in [0.717, 1.165) is 21.5 Å². The zero-order valence-electron chi connectivity index (χ0n) is 14.1. The molecule has 0 radical (unpaired) electrons. The van der Waals surface area contributed by atoms with Gasteiger partial charge in [0, 0.05) is 0 Å².